The lowest BCUT2D eigenvalue weighted by atomic mass is 10.4. The van der Waals surface area contributed by atoms with Gasteiger partial charge in [-0.25, -0.2) is 4.98 Å². The molecule has 0 saturated heterocycles. The molecule has 2 heterocycles. The van der Waals surface area contributed by atoms with Crippen molar-refractivity contribution in [3.8, 4) is 5.88 Å². The Hall–Kier alpha value is -1.69. The van der Waals surface area contributed by atoms with Crippen LogP contribution in [0.5, 0.6) is 5.88 Å². The Balaban J connectivity index is 1.93. The van der Waals surface area contributed by atoms with E-state index in [1.807, 2.05) is 24.4 Å². The number of halogens is 1. The first-order valence-electron chi connectivity index (χ1n) is 5.71. The van der Waals surface area contributed by atoms with Crippen molar-refractivity contribution in [2.75, 3.05) is 18.5 Å². The number of anilines is 1. The number of nitrogens with one attached hydrogen (secondary N) is 1. The topological polar surface area (TPSA) is 47.0 Å². The van der Waals surface area contributed by atoms with E-state index >= 15 is 0 Å². The monoisotopic (exact) mass is 267 g/mol. The number of hydrogen-bond donors (Lipinski definition) is 1. The predicted molar refractivity (Wildman–Crippen MR) is 69.7 cm³/mol. The zero-order valence-corrected chi connectivity index (χ0v) is 10.8. The van der Waals surface area contributed by atoms with E-state index in [0.29, 0.717) is 19.1 Å². The van der Waals surface area contributed by atoms with Crippen molar-refractivity contribution in [1.82, 2.24) is 9.97 Å². The lowest BCUT2D eigenvalue weighted by molar-refractivity contribution is 0.292. The zero-order valence-electron chi connectivity index (χ0n) is 10.0. The fourth-order valence-corrected chi connectivity index (χ4v) is 2.09. The van der Waals surface area contributed by atoms with Crippen molar-refractivity contribution in [3.63, 3.8) is 0 Å². The SMILES string of the molecule is CCNc1ncc(F)c(OCCc2cccs2)n1. The first-order chi connectivity index (χ1) is 8.79. The van der Waals surface area contributed by atoms with Gasteiger partial charge in [0.15, 0.2) is 0 Å². The summed E-state index contributed by atoms with van der Waals surface area (Å²) < 4.78 is 18.7. The van der Waals surface area contributed by atoms with Crippen LogP contribution in [-0.2, 0) is 6.42 Å². The average molecular weight is 267 g/mol. The molecular weight excluding hydrogens is 253 g/mol. The van der Waals surface area contributed by atoms with Gasteiger partial charge in [-0.2, -0.15) is 9.37 Å². The third-order valence-corrected chi connectivity index (χ3v) is 3.15. The Kier molecular flexibility index (Phi) is 4.46. The highest BCUT2D eigenvalue weighted by Gasteiger charge is 2.07. The van der Waals surface area contributed by atoms with E-state index in [9.17, 15) is 4.39 Å². The van der Waals surface area contributed by atoms with Gasteiger partial charge in [0.05, 0.1) is 12.8 Å². The van der Waals surface area contributed by atoms with E-state index in [-0.39, 0.29) is 5.88 Å². The molecule has 1 N–H and O–H groups in total. The highest BCUT2D eigenvalue weighted by atomic mass is 32.1. The predicted octanol–water partition coefficient (Wildman–Crippen LogP) is 2.73. The second-order valence-electron chi connectivity index (χ2n) is 3.55. The number of ether oxygens (including phenoxy) is 1. The smallest absolute Gasteiger partial charge is 0.255 e. The van der Waals surface area contributed by atoms with Crippen LogP contribution in [0.3, 0.4) is 0 Å². The van der Waals surface area contributed by atoms with Gasteiger partial charge in [-0.1, -0.05) is 6.07 Å². The van der Waals surface area contributed by atoms with Gasteiger partial charge >= 0.3 is 0 Å². The third-order valence-electron chi connectivity index (χ3n) is 2.21. The summed E-state index contributed by atoms with van der Waals surface area (Å²) in [5, 5.41) is 4.92. The van der Waals surface area contributed by atoms with E-state index in [0.717, 1.165) is 12.6 Å². The summed E-state index contributed by atoms with van der Waals surface area (Å²) in [7, 11) is 0. The van der Waals surface area contributed by atoms with Gasteiger partial charge in [-0.05, 0) is 18.4 Å². The van der Waals surface area contributed by atoms with Crippen molar-refractivity contribution < 1.29 is 9.13 Å². The fourth-order valence-electron chi connectivity index (χ4n) is 1.40. The lowest BCUT2D eigenvalue weighted by Gasteiger charge is -2.07. The molecule has 0 aliphatic carbocycles. The largest absolute Gasteiger partial charge is 0.475 e. The van der Waals surface area contributed by atoms with E-state index in [1.54, 1.807) is 11.3 Å². The molecule has 0 bridgehead atoms. The summed E-state index contributed by atoms with van der Waals surface area (Å²) in [4.78, 5) is 8.98. The standard InChI is InChI=1S/C12H14FN3OS/c1-2-14-12-15-8-10(13)11(16-12)17-6-5-9-4-3-7-18-9/h3-4,7-8H,2,5-6H2,1H3,(H,14,15,16). The van der Waals surface area contributed by atoms with E-state index < -0.39 is 5.82 Å². The number of aromatic nitrogens is 2. The van der Waals surface area contributed by atoms with Crippen LogP contribution in [0, 0.1) is 5.82 Å². The molecule has 0 aliphatic heterocycles. The van der Waals surface area contributed by atoms with Crippen LogP contribution in [0.4, 0.5) is 10.3 Å². The molecule has 0 aromatic carbocycles. The number of thiophene rings is 1. The van der Waals surface area contributed by atoms with E-state index in [1.165, 1.54) is 4.88 Å². The second kappa shape index (κ2) is 6.30. The molecule has 2 aromatic rings. The van der Waals surface area contributed by atoms with Crippen molar-refractivity contribution in [3.05, 3.63) is 34.4 Å². The minimum Gasteiger partial charge on any atom is -0.475 e. The fraction of sp³-hybridized carbons (Fsp3) is 0.333. The Morgan fingerprint density at radius 1 is 1.50 bits per heavy atom. The van der Waals surface area contributed by atoms with Crippen LogP contribution in [-0.4, -0.2) is 23.1 Å². The molecule has 6 heteroatoms. The minimum absolute atomic E-state index is 0.00231. The molecule has 0 saturated carbocycles. The summed E-state index contributed by atoms with van der Waals surface area (Å²) in [6.07, 6.45) is 1.86. The molecule has 0 fully saturated rings. The Morgan fingerprint density at radius 2 is 2.39 bits per heavy atom. The van der Waals surface area contributed by atoms with Crippen molar-refractivity contribution in [1.29, 1.82) is 0 Å². The summed E-state index contributed by atoms with van der Waals surface area (Å²) in [5.74, 6) is -0.162. The molecule has 0 unspecified atom stereocenters. The van der Waals surface area contributed by atoms with Crippen LogP contribution >= 0.6 is 11.3 Å². The van der Waals surface area contributed by atoms with Crippen LogP contribution in [0.15, 0.2) is 23.7 Å². The summed E-state index contributed by atoms with van der Waals surface area (Å²) in [5.41, 5.74) is 0. The quantitative estimate of drug-likeness (QED) is 0.874. The lowest BCUT2D eigenvalue weighted by Crippen LogP contribution is -2.07. The summed E-state index contributed by atoms with van der Waals surface area (Å²) in [6.45, 7) is 3.00. The maximum Gasteiger partial charge on any atom is 0.255 e. The van der Waals surface area contributed by atoms with Crippen LogP contribution < -0.4 is 10.1 Å². The van der Waals surface area contributed by atoms with Crippen LogP contribution in [0.1, 0.15) is 11.8 Å². The molecule has 0 spiro atoms. The Morgan fingerprint density at radius 3 is 3.11 bits per heavy atom. The van der Waals surface area contributed by atoms with Crippen molar-refractivity contribution in [2.24, 2.45) is 0 Å². The van der Waals surface area contributed by atoms with Crippen molar-refractivity contribution >= 4 is 17.3 Å². The highest BCUT2D eigenvalue weighted by molar-refractivity contribution is 7.09. The van der Waals surface area contributed by atoms with E-state index in [4.69, 9.17) is 4.74 Å². The van der Waals surface area contributed by atoms with Gasteiger partial charge < -0.3 is 10.1 Å². The van der Waals surface area contributed by atoms with Gasteiger partial charge in [0.25, 0.3) is 5.88 Å². The molecule has 2 aromatic heterocycles. The molecule has 96 valence electrons. The van der Waals surface area contributed by atoms with Gasteiger partial charge in [0.2, 0.25) is 11.8 Å². The number of rotatable bonds is 6. The van der Waals surface area contributed by atoms with Crippen LogP contribution in [0.25, 0.3) is 0 Å². The molecule has 2 rings (SSSR count). The maximum absolute atomic E-state index is 13.4. The normalized spacial score (nSPS) is 10.3. The Labute approximate surface area is 109 Å². The number of hydrogen-bond acceptors (Lipinski definition) is 5. The van der Waals surface area contributed by atoms with Gasteiger partial charge in [0, 0.05) is 17.8 Å². The van der Waals surface area contributed by atoms with Gasteiger partial charge in [0.1, 0.15) is 0 Å². The summed E-state index contributed by atoms with van der Waals surface area (Å²) >= 11 is 1.65. The molecule has 4 nitrogen and oxygen atoms in total. The first-order valence-corrected chi connectivity index (χ1v) is 6.59. The first kappa shape index (κ1) is 12.8. The van der Waals surface area contributed by atoms with Gasteiger partial charge in [-0.3, -0.25) is 0 Å². The Bertz CT molecular complexity index is 490. The molecule has 0 amide bonds. The van der Waals surface area contributed by atoms with E-state index in [2.05, 4.69) is 15.3 Å². The van der Waals surface area contributed by atoms with Gasteiger partial charge in [-0.15, -0.1) is 11.3 Å². The highest BCUT2D eigenvalue weighted by Crippen LogP contribution is 2.15. The maximum atomic E-state index is 13.4. The molecule has 0 atom stereocenters. The molecule has 18 heavy (non-hydrogen) atoms. The van der Waals surface area contributed by atoms with Crippen LogP contribution in [0.2, 0.25) is 0 Å². The molecule has 0 radical (unpaired) electrons. The second-order valence-corrected chi connectivity index (χ2v) is 4.59. The van der Waals surface area contributed by atoms with Crippen molar-refractivity contribution in [2.45, 2.75) is 13.3 Å². The average Bonchev–Trinajstić information content (AvgIpc) is 2.86. The number of nitrogens with zero attached hydrogens (tertiary/aromatic N) is 2. The molecule has 0 aliphatic rings. The zero-order chi connectivity index (χ0) is 12.8. The summed E-state index contributed by atoms with van der Waals surface area (Å²) in [6, 6.07) is 4.00. The minimum atomic E-state index is -0.539. The third kappa shape index (κ3) is 3.40. The molecular formula is C12H14FN3OS.